The van der Waals surface area contributed by atoms with E-state index in [2.05, 4.69) is 23.3 Å². The number of halogens is 1. The Morgan fingerprint density at radius 1 is 1.47 bits per heavy atom. The van der Waals surface area contributed by atoms with Crippen LogP contribution < -0.4 is 5.32 Å². The fourth-order valence-corrected chi connectivity index (χ4v) is 2.09. The number of rotatable bonds is 2. The third-order valence-corrected chi connectivity index (χ3v) is 3.14. The molecule has 1 fully saturated rings. The molecule has 1 saturated heterocycles. The largest absolute Gasteiger partial charge is 0.381 e. The van der Waals surface area contributed by atoms with Crippen LogP contribution in [0.1, 0.15) is 25.3 Å². The van der Waals surface area contributed by atoms with Crippen molar-refractivity contribution in [2.75, 3.05) is 18.5 Å². The molecule has 0 amide bonds. The van der Waals surface area contributed by atoms with E-state index >= 15 is 0 Å². The van der Waals surface area contributed by atoms with Crippen LogP contribution in [-0.4, -0.2) is 23.7 Å². The number of aromatic nitrogens is 1. The maximum absolute atomic E-state index is 8.87. The van der Waals surface area contributed by atoms with Gasteiger partial charge in [0.1, 0.15) is 11.0 Å². The van der Waals surface area contributed by atoms with Gasteiger partial charge in [0.05, 0.1) is 11.6 Å². The third-order valence-electron chi connectivity index (χ3n) is 2.95. The van der Waals surface area contributed by atoms with Crippen molar-refractivity contribution >= 4 is 17.4 Å². The Balaban J connectivity index is 2.17. The zero-order valence-corrected chi connectivity index (χ0v) is 10.4. The normalized spacial score (nSPS) is 18.4. The van der Waals surface area contributed by atoms with Gasteiger partial charge in [0.15, 0.2) is 0 Å². The summed E-state index contributed by atoms with van der Waals surface area (Å²) in [7, 11) is 0. The quantitative estimate of drug-likeness (QED) is 0.821. The van der Waals surface area contributed by atoms with Gasteiger partial charge < -0.3 is 10.1 Å². The smallest absolute Gasteiger partial charge is 0.132 e. The highest BCUT2D eigenvalue weighted by molar-refractivity contribution is 6.29. The van der Waals surface area contributed by atoms with Gasteiger partial charge in [-0.15, -0.1) is 0 Å². The first-order valence-corrected chi connectivity index (χ1v) is 5.93. The predicted molar refractivity (Wildman–Crippen MR) is 66.0 cm³/mol. The molecule has 90 valence electrons. The number of nitrogens with zero attached hydrogens (tertiary/aromatic N) is 2. The molecule has 0 radical (unpaired) electrons. The molecular formula is C12H14ClN3O. The van der Waals surface area contributed by atoms with Gasteiger partial charge in [-0.25, -0.2) is 4.98 Å². The van der Waals surface area contributed by atoms with Crippen LogP contribution in [0.4, 0.5) is 5.82 Å². The highest BCUT2D eigenvalue weighted by Crippen LogP contribution is 2.25. The second-order valence-corrected chi connectivity index (χ2v) is 4.86. The van der Waals surface area contributed by atoms with Gasteiger partial charge in [-0.2, -0.15) is 5.26 Å². The molecule has 0 saturated carbocycles. The molecular weight excluding hydrogens is 238 g/mol. The van der Waals surface area contributed by atoms with Crippen molar-refractivity contribution in [2.24, 2.45) is 0 Å². The van der Waals surface area contributed by atoms with Crippen molar-refractivity contribution < 1.29 is 4.74 Å². The number of pyridine rings is 1. The molecule has 1 aromatic heterocycles. The molecule has 0 spiro atoms. The van der Waals surface area contributed by atoms with Crippen LogP contribution in [0.25, 0.3) is 0 Å². The predicted octanol–water partition coefficient (Wildman–Crippen LogP) is 2.59. The zero-order valence-electron chi connectivity index (χ0n) is 9.66. The number of nitrogens with one attached hydrogen (secondary N) is 1. The fraction of sp³-hybridized carbons (Fsp3) is 0.500. The van der Waals surface area contributed by atoms with Crippen molar-refractivity contribution in [3.8, 4) is 6.07 Å². The molecule has 4 nitrogen and oxygen atoms in total. The van der Waals surface area contributed by atoms with Crippen LogP contribution in [0.15, 0.2) is 12.1 Å². The summed E-state index contributed by atoms with van der Waals surface area (Å²) in [6.45, 7) is 3.62. The van der Waals surface area contributed by atoms with Crippen LogP contribution in [-0.2, 0) is 4.74 Å². The molecule has 0 atom stereocenters. The van der Waals surface area contributed by atoms with E-state index in [1.807, 2.05) is 0 Å². The Labute approximate surface area is 106 Å². The lowest BCUT2D eigenvalue weighted by molar-refractivity contribution is 0.0657. The summed E-state index contributed by atoms with van der Waals surface area (Å²) in [5.74, 6) is 0.651. The molecule has 2 heterocycles. The Morgan fingerprint density at radius 3 is 2.82 bits per heavy atom. The number of ether oxygens (including phenoxy) is 1. The van der Waals surface area contributed by atoms with Gasteiger partial charge in [0.25, 0.3) is 0 Å². The maximum atomic E-state index is 8.87. The first-order valence-electron chi connectivity index (χ1n) is 5.55. The van der Waals surface area contributed by atoms with E-state index in [1.54, 1.807) is 12.1 Å². The summed E-state index contributed by atoms with van der Waals surface area (Å²) < 4.78 is 5.33. The second-order valence-electron chi connectivity index (χ2n) is 4.47. The van der Waals surface area contributed by atoms with E-state index in [1.165, 1.54) is 0 Å². The molecule has 2 rings (SSSR count). The Kier molecular flexibility index (Phi) is 3.51. The number of nitriles is 1. The first-order chi connectivity index (χ1) is 8.11. The van der Waals surface area contributed by atoms with E-state index in [9.17, 15) is 0 Å². The van der Waals surface area contributed by atoms with Gasteiger partial charge in [0.2, 0.25) is 0 Å². The SMILES string of the molecule is CC1(Nc2cc(C#N)cc(Cl)n2)CCOCC1. The minimum absolute atomic E-state index is 0.0390. The molecule has 1 aliphatic rings. The van der Waals surface area contributed by atoms with Crippen LogP contribution in [0.2, 0.25) is 5.15 Å². The molecule has 0 bridgehead atoms. The lowest BCUT2D eigenvalue weighted by Crippen LogP contribution is -2.40. The third kappa shape index (κ3) is 3.09. The highest BCUT2D eigenvalue weighted by Gasteiger charge is 2.27. The van der Waals surface area contributed by atoms with Gasteiger partial charge in [-0.3, -0.25) is 0 Å². The summed E-state index contributed by atoms with van der Waals surface area (Å²) in [6, 6.07) is 5.34. The van der Waals surface area contributed by atoms with E-state index < -0.39 is 0 Å². The van der Waals surface area contributed by atoms with Gasteiger partial charge >= 0.3 is 0 Å². The number of hydrogen-bond donors (Lipinski definition) is 1. The van der Waals surface area contributed by atoms with Crippen molar-refractivity contribution in [3.63, 3.8) is 0 Å². The number of hydrogen-bond acceptors (Lipinski definition) is 4. The van der Waals surface area contributed by atoms with E-state index in [0.29, 0.717) is 16.5 Å². The molecule has 1 N–H and O–H groups in total. The summed E-state index contributed by atoms with van der Waals surface area (Å²) in [4.78, 5) is 4.18. The maximum Gasteiger partial charge on any atom is 0.132 e. The van der Waals surface area contributed by atoms with Crippen molar-refractivity contribution in [2.45, 2.75) is 25.3 Å². The summed E-state index contributed by atoms with van der Waals surface area (Å²) in [6.07, 6.45) is 1.84. The van der Waals surface area contributed by atoms with Crippen LogP contribution in [0, 0.1) is 11.3 Å². The summed E-state index contributed by atoms with van der Waals surface area (Å²) in [5.41, 5.74) is 0.478. The monoisotopic (exact) mass is 251 g/mol. The standard InChI is InChI=1S/C12H14ClN3O/c1-12(2-4-17-5-3-12)16-11-7-9(8-14)6-10(13)15-11/h6-7H,2-5H2,1H3,(H,15,16). The minimum Gasteiger partial charge on any atom is -0.381 e. The summed E-state index contributed by atoms with van der Waals surface area (Å²) in [5, 5.41) is 12.6. The van der Waals surface area contributed by atoms with Crippen molar-refractivity contribution in [3.05, 3.63) is 22.8 Å². The molecule has 17 heavy (non-hydrogen) atoms. The van der Waals surface area contributed by atoms with Crippen LogP contribution >= 0.6 is 11.6 Å². The van der Waals surface area contributed by atoms with Crippen molar-refractivity contribution in [1.29, 1.82) is 5.26 Å². The van der Waals surface area contributed by atoms with E-state index in [0.717, 1.165) is 26.1 Å². The van der Waals surface area contributed by atoms with Crippen LogP contribution in [0.5, 0.6) is 0 Å². The van der Waals surface area contributed by atoms with Gasteiger partial charge in [-0.1, -0.05) is 11.6 Å². The minimum atomic E-state index is -0.0390. The molecule has 0 unspecified atom stereocenters. The van der Waals surface area contributed by atoms with Crippen LogP contribution in [0.3, 0.4) is 0 Å². The molecule has 5 heteroatoms. The molecule has 0 aliphatic carbocycles. The average Bonchev–Trinajstić information content (AvgIpc) is 2.28. The zero-order chi connectivity index (χ0) is 12.3. The highest BCUT2D eigenvalue weighted by atomic mass is 35.5. The Morgan fingerprint density at radius 2 is 2.18 bits per heavy atom. The topological polar surface area (TPSA) is 57.9 Å². The molecule has 1 aromatic rings. The fourth-order valence-electron chi connectivity index (χ4n) is 1.88. The number of anilines is 1. The van der Waals surface area contributed by atoms with Crippen molar-refractivity contribution in [1.82, 2.24) is 4.98 Å². The van der Waals surface area contributed by atoms with E-state index in [-0.39, 0.29) is 5.54 Å². The lowest BCUT2D eigenvalue weighted by Gasteiger charge is -2.35. The Bertz CT molecular complexity index is 450. The first kappa shape index (κ1) is 12.2. The van der Waals surface area contributed by atoms with E-state index in [4.69, 9.17) is 21.6 Å². The van der Waals surface area contributed by atoms with Gasteiger partial charge in [-0.05, 0) is 31.9 Å². The molecule has 1 aliphatic heterocycles. The average molecular weight is 252 g/mol. The Hall–Kier alpha value is -1.31. The second kappa shape index (κ2) is 4.91. The summed E-state index contributed by atoms with van der Waals surface area (Å²) >= 11 is 5.86. The lowest BCUT2D eigenvalue weighted by atomic mass is 9.92. The van der Waals surface area contributed by atoms with Gasteiger partial charge in [0, 0.05) is 18.8 Å². The molecule has 0 aromatic carbocycles.